The fraction of sp³-hybridized carbons (Fsp3) is 0.588. The molecule has 1 saturated heterocycles. The Balaban J connectivity index is 1.69. The van der Waals surface area contributed by atoms with Gasteiger partial charge in [-0.25, -0.2) is 9.50 Å². The van der Waals surface area contributed by atoms with Crippen LogP contribution in [0.25, 0.3) is 5.65 Å². The van der Waals surface area contributed by atoms with Gasteiger partial charge in [-0.2, -0.15) is 5.10 Å². The molecule has 122 valence electrons. The highest BCUT2D eigenvalue weighted by Gasteiger charge is 2.51. The molecule has 6 heteroatoms. The van der Waals surface area contributed by atoms with Crippen LogP contribution in [0, 0.1) is 10.8 Å². The molecule has 1 amide bonds. The zero-order chi connectivity index (χ0) is 16.4. The van der Waals surface area contributed by atoms with Gasteiger partial charge in [0.15, 0.2) is 5.65 Å². The lowest BCUT2D eigenvalue weighted by molar-refractivity contribution is 0.0710. The molecular formula is C17H21BrN4O. The first-order valence-corrected chi connectivity index (χ1v) is 8.86. The monoisotopic (exact) mass is 376 g/mol. The number of aromatic nitrogens is 3. The van der Waals surface area contributed by atoms with Gasteiger partial charge in [0.05, 0.1) is 10.7 Å². The zero-order valence-corrected chi connectivity index (χ0v) is 15.3. The van der Waals surface area contributed by atoms with E-state index in [9.17, 15) is 4.79 Å². The van der Waals surface area contributed by atoms with Gasteiger partial charge in [-0.15, -0.1) is 0 Å². The quantitative estimate of drug-likeness (QED) is 0.764. The van der Waals surface area contributed by atoms with Gasteiger partial charge in [0.1, 0.15) is 5.56 Å². The third-order valence-electron chi connectivity index (χ3n) is 5.23. The number of rotatable bonds is 1. The van der Waals surface area contributed by atoms with Gasteiger partial charge >= 0.3 is 0 Å². The molecule has 2 aliphatic rings. The number of fused-ring (bicyclic) bond motifs is 3. The standard InChI is InChI=1S/C17H21BrN4O/c1-16(2)4-12-5-17(3,9-16)10-21(12)15(23)13-7-20-22-8-11(18)6-19-14(13)22/h6-8,12H,4-5,9-10H2,1-3H3/t12-,17+/m1/s1. The lowest BCUT2D eigenvalue weighted by Gasteiger charge is -2.39. The van der Waals surface area contributed by atoms with Gasteiger partial charge < -0.3 is 4.90 Å². The Morgan fingerprint density at radius 2 is 2.09 bits per heavy atom. The summed E-state index contributed by atoms with van der Waals surface area (Å²) in [6, 6.07) is 0.335. The summed E-state index contributed by atoms with van der Waals surface area (Å²) in [6.45, 7) is 7.80. The van der Waals surface area contributed by atoms with Crippen LogP contribution in [0.15, 0.2) is 23.1 Å². The zero-order valence-electron chi connectivity index (χ0n) is 13.7. The average molecular weight is 377 g/mol. The molecule has 0 radical (unpaired) electrons. The van der Waals surface area contributed by atoms with E-state index in [-0.39, 0.29) is 11.3 Å². The number of carbonyl (C=O) groups is 1. The molecule has 23 heavy (non-hydrogen) atoms. The van der Waals surface area contributed by atoms with Crippen LogP contribution in [0.5, 0.6) is 0 Å². The van der Waals surface area contributed by atoms with Gasteiger partial charge in [-0.05, 0) is 46.0 Å². The summed E-state index contributed by atoms with van der Waals surface area (Å²) < 4.78 is 2.50. The van der Waals surface area contributed by atoms with Gasteiger partial charge in [0.2, 0.25) is 0 Å². The molecule has 1 aliphatic heterocycles. The molecular weight excluding hydrogens is 356 g/mol. The van der Waals surface area contributed by atoms with E-state index >= 15 is 0 Å². The van der Waals surface area contributed by atoms with E-state index in [1.807, 2.05) is 6.20 Å². The average Bonchev–Trinajstić information content (AvgIpc) is 2.95. The number of carbonyl (C=O) groups excluding carboxylic acids is 1. The van der Waals surface area contributed by atoms with Crippen LogP contribution in [0.2, 0.25) is 0 Å². The highest BCUT2D eigenvalue weighted by atomic mass is 79.9. The molecule has 2 aromatic heterocycles. The predicted octanol–water partition coefficient (Wildman–Crippen LogP) is 3.53. The summed E-state index contributed by atoms with van der Waals surface area (Å²) in [6.07, 6.45) is 8.55. The smallest absolute Gasteiger partial charge is 0.259 e. The third kappa shape index (κ3) is 2.47. The Labute approximate surface area is 144 Å². The van der Waals surface area contributed by atoms with E-state index in [0.29, 0.717) is 22.7 Å². The number of hydrogen-bond donors (Lipinski definition) is 0. The van der Waals surface area contributed by atoms with Crippen LogP contribution in [-0.4, -0.2) is 38.0 Å². The highest BCUT2D eigenvalue weighted by molar-refractivity contribution is 9.10. The van der Waals surface area contributed by atoms with E-state index in [2.05, 4.69) is 51.7 Å². The summed E-state index contributed by atoms with van der Waals surface area (Å²) in [5.41, 5.74) is 1.77. The first kappa shape index (κ1) is 15.1. The molecule has 5 nitrogen and oxygen atoms in total. The Bertz CT molecular complexity index is 799. The first-order valence-electron chi connectivity index (χ1n) is 8.06. The van der Waals surface area contributed by atoms with Crippen molar-refractivity contribution in [1.82, 2.24) is 19.5 Å². The maximum atomic E-state index is 13.1. The van der Waals surface area contributed by atoms with Gasteiger partial charge in [-0.3, -0.25) is 4.79 Å². The van der Waals surface area contributed by atoms with Crippen molar-refractivity contribution in [3.8, 4) is 0 Å². The van der Waals surface area contributed by atoms with Crippen LogP contribution < -0.4 is 0 Å². The maximum Gasteiger partial charge on any atom is 0.259 e. The molecule has 0 aromatic carbocycles. The predicted molar refractivity (Wildman–Crippen MR) is 91.3 cm³/mol. The Hall–Kier alpha value is -1.43. The molecule has 2 atom stereocenters. The molecule has 2 aromatic rings. The minimum atomic E-state index is 0.0706. The van der Waals surface area contributed by atoms with Gasteiger partial charge in [-0.1, -0.05) is 20.8 Å². The van der Waals surface area contributed by atoms with E-state index < -0.39 is 0 Å². The molecule has 3 heterocycles. The molecule has 0 N–H and O–H groups in total. The van der Waals surface area contributed by atoms with E-state index in [4.69, 9.17) is 0 Å². The van der Waals surface area contributed by atoms with Crippen LogP contribution in [0.4, 0.5) is 0 Å². The molecule has 0 spiro atoms. The highest BCUT2D eigenvalue weighted by Crippen LogP contribution is 2.52. The SMILES string of the molecule is CC1(C)C[C@@H]2C[C@](C)(CN2C(=O)c2cnn3cc(Br)cnc23)C1. The van der Waals surface area contributed by atoms with Crippen molar-refractivity contribution in [1.29, 1.82) is 0 Å². The Morgan fingerprint density at radius 1 is 1.30 bits per heavy atom. The van der Waals surface area contributed by atoms with E-state index in [0.717, 1.165) is 23.9 Å². The summed E-state index contributed by atoms with van der Waals surface area (Å²) in [5.74, 6) is 0.0706. The number of halogens is 1. The molecule has 2 fully saturated rings. The fourth-order valence-electron chi connectivity index (χ4n) is 4.85. The van der Waals surface area contributed by atoms with Gasteiger partial charge in [0.25, 0.3) is 5.91 Å². The van der Waals surface area contributed by atoms with Crippen molar-refractivity contribution in [2.75, 3.05) is 6.54 Å². The van der Waals surface area contributed by atoms with E-state index in [1.54, 1.807) is 16.9 Å². The number of likely N-dealkylation sites (tertiary alicyclic amines) is 1. The first-order chi connectivity index (χ1) is 10.8. The lowest BCUT2D eigenvalue weighted by atomic mass is 9.65. The second kappa shape index (κ2) is 4.79. The molecule has 1 saturated carbocycles. The summed E-state index contributed by atoms with van der Waals surface area (Å²) >= 11 is 3.38. The topological polar surface area (TPSA) is 50.5 Å². The second-order valence-corrected chi connectivity index (χ2v) is 9.16. The maximum absolute atomic E-state index is 13.1. The fourth-order valence-corrected chi connectivity index (χ4v) is 5.15. The van der Waals surface area contributed by atoms with Crippen LogP contribution in [-0.2, 0) is 0 Å². The van der Waals surface area contributed by atoms with Crippen molar-refractivity contribution in [2.45, 2.75) is 46.1 Å². The van der Waals surface area contributed by atoms with Crippen molar-refractivity contribution in [3.63, 3.8) is 0 Å². The Kier molecular flexibility index (Phi) is 3.15. The minimum Gasteiger partial charge on any atom is -0.335 e. The van der Waals surface area contributed by atoms with Crippen molar-refractivity contribution < 1.29 is 4.79 Å². The van der Waals surface area contributed by atoms with Crippen LogP contribution in [0.3, 0.4) is 0 Å². The molecule has 1 aliphatic carbocycles. The van der Waals surface area contributed by atoms with E-state index in [1.165, 1.54) is 6.42 Å². The molecule has 4 rings (SSSR count). The normalized spacial score (nSPS) is 29.2. The number of nitrogens with zero attached hydrogens (tertiary/aromatic N) is 4. The van der Waals surface area contributed by atoms with Crippen LogP contribution >= 0.6 is 15.9 Å². The Morgan fingerprint density at radius 3 is 2.87 bits per heavy atom. The van der Waals surface area contributed by atoms with Crippen molar-refractivity contribution in [2.24, 2.45) is 10.8 Å². The molecule has 2 bridgehead atoms. The van der Waals surface area contributed by atoms with Gasteiger partial charge in [0, 0.05) is 25.0 Å². The van der Waals surface area contributed by atoms with Crippen molar-refractivity contribution >= 4 is 27.5 Å². The largest absolute Gasteiger partial charge is 0.335 e. The van der Waals surface area contributed by atoms with Crippen molar-refractivity contribution in [3.05, 3.63) is 28.6 Å². The second-order valence-electron chi connectivity index (χ2n) is 8.25. The number of hydrogen-bond acceptors (Lipinski definition) is 3. The summed E-state index contributed by atoms with van der Waals surface area (Å²) in [7, 11) is 0. The minimum absolute atomic E-state index is 0.0706. The third-order valence-corrected chi connectivity index (χ3v) is 5.64. The molecule has 0 unspecified atom stereocenters. The van der Waals surface area contributed by atoms with Crippen LogP contribution in [0.1, 0.15) is 50.4 Å². The summed E-state index contributed by atoms with van der Waals surface area (Å²) in [5, 5.41) is 4.28. The number of amides is 1. The lowest BCUT2D eigenvalue weighted by Crippen LogP contribution is -2.37. The summed E-state index contributed by atoms with van der Waals surface area (Å²) in [4.78, 5) is 19.6.